The molecule has 0 aliphatic rings. The molecule has 36 valence electrons. The lowest BCUT2D eigenvalue weighted by atomic mass is 10.9. The fraction of sp³-hybridized carbons (Fsp3) is 0. The first kappa shape index (κ1) is 5.63. The van der Waals surface area contributed by atoms with Crippen LogP contribution in [-0.4, -0.2) is 4.92 Å². The van der Waals surface area contributed by atoms with Crippen molar-refractivity contribution in [2.24, 2.45) is 0 Å². The Hall–Kier alpha value is -1.37. The van der Waals surface area contributed by atoms with Gasteiger partial charge in [-0.1, -0.05) is 0 Å². The van der Waals surface area contributed by atoms with E-state index in [1.807, 2.05) is 0 Å². The van der Waals surface area contributed by atoms with Gasteiger partial charge in [0.15, 0.2) is 0 Å². The van der Waals surface area contributed by atoms with Gasteiger partial charge in [-0.05, 0) is 6.58 Å². The molecule has 0 amide bonds. The smallest absolute Gasteiger partial charge is 0.270 e. The molecule has 0 rings (SSSR count). The van der Waals surface area contributed by atoms with Crippen LogP contribution in [0.4, 0.5) is 0 Å². The van der Waals surface area contributed by atoms with Gasteiger partial charge in [-0.2, -0.15) is 4.85 Å². The molecule has 0 unspecified atom stereocenters. The van der Waals surface area contributed by atoms with Crippen molar-refractivity contribution in [3.63, 3.8) is 0 Å². The summed E-state index contributed by atoms with van der Waals surface area (Å²) >= 11 is 0. The number of rotatable bonds is 1. The first-order valence-corrected chi connectivity index (χ1v) is 1.39. The highest BCUT2D eigenvalue weighted by Crippen LogP contribution is 1.88. The zero-order valence-corrected chi connectivity index (χ0v) is 3.42. The summed E-state index contributed by atoms with van der Waals surface area (Å²) in [5.74, 6) is -0.639. The van der Waals surface area contributed by atoms with Crippen molar-refractivity contribution in [2.45, 2.75) is 0 Å². The van der Waals surface area contributed by atoms with Crippen LogP contribution in [0.1, 0.15) is 0 Å². The van der Waals surface area contributed by atoms with Crippen molar-refractivity contribution in [1.82, 2.24) is 0 Å². The van der Waals surface area contributed by atoms with Gasteiger partial charge in [-0.3, -0.25) is 10.1 Å². The second-order valence-corrected chi connectivity index (χ2v) is 0.785. The predicted molar refractivity (Wildman–Crippen MR) is 22.7 cm³/mol. The van der Waals surface area contributed by atoms with E-state index in [1.54, 1.807) is 0 Å². The summed E-state index contributed by atoms with van der Waals surface area (Å²) in [5.41, 5.74) is 0. The van der Waals surface area contributed by atoms with Gasteiger partial charge in [-0.25, -0.2) is 0 Å². The zero-order valence-electron chi connectivity index (χ0n) is 3.42. The minimum atomic E-state index is -0.826. The summed E-state index contributed by atoms with van der Waals surface area (Å²) in [6, 6.07) is 0. The third-order valence-corrected chi connectivity index (χ3v) is 0.340. The molecule has 0 aromatic carbocycles. The molecule has 0 fully saturated rings. The average Bonchev–Trinajstić information content (AvgIpc) is 1.65. The number of hydrogen-bond acceptors (Lipinski definition) is 2. The molecule has 4 heteroatoms. The molecule has 0 aliphatic carbocycles. The molecule has 0 aromatic rings. The third kappa shape index (κ3) is 1.49. The molecule has 0 aromatic heterocycles. The van der Waals surface area contributed by atoms with Crippen molar-refractivity contribution in [3.8, 4) is 0 Å². The second-order valence-electron chi connectivity index (χ2n) is 0.785. The van der Waals surface area contributed by atoms with Crippen molar-refractivity contribution < 1.29 is 4.92 Å². The van der Waals surface area contributed by atoms with Crippen LogP contribution in [0.3, 0.4) is 0 Å². The van der Waals surface area contributed by atoms with Gasteiger partial charge in [0.05, 0.1) is 4.92 Å². The van der Waals surface area contributed by atoms with Crippen LogP contribution in [0.15, 0.2) is 12.4 Å². The lowest BCUT2D eigenvalue weighted by Gasteiger charge is -1.76. The van der Waals surface area contributed by atoms with Gasteiger partial charge in [0.1, 0.15) is 6.57 Å². The van der Waals surface area contributed by atoms with E-state index in [9.17, 15) is 10.1 Å². The highest BCUT2D eigenvalue weighted by atomic mass is 16.6. The Morgan fingerprint density at radius 1 is 2.00 bits per heavy atom. The number of nitrogens with zero attached hydrogens (tertiary/aromatic N) is 2. The van der Waals surface area contributed by atoms with E-state index < -0.39 is 10.7 Å². The summed E-state index contributed by atoms with van der Waals surface area (Å²) in [5, 5.41) is 9.42. The Bertz CT molecular complexity index is 144. The standard InChI is InChI=1S/C3H2N2O2/c1-3(4-2)5(6)7/h1H2. The molecule has 0 N–H and O–H groups in total. The fourth-order valence-electron chi connectivity index (χ4n) is 0.0408. The highest BCUT2D eigenvalue weighted by molar-refractivity contribution is 4.90. The van der Waals surface area contributed by atoms with E-state index in [0.29, 0.717) is 0 Å². The van der Waals surface area contributed by atoms with Crippen molar-refractivity contribution >= 4 is 0 Å². The largest absolute Gasteiger partial charge is 0.468 e. The first-order chi connectivity index (χ1) is 3.18. The molecule has 0 saturated carbocycles. The molecule has 0 spiro atoms. The Labute approximate surface area is 40.0 Å². The summed E-state index contributed by atoms with van der Waals surface area (Å²) in [6.45, 7) is 8.84. The third-order valence-electron chi connectivity index (χ3n) is 0.340. The Morgan fingerprint density at radius 2 is 2.43 bits per heavy atom. The zero-order chi connectivity index (χ0) is 5.86. The van der Waals surface area contributed by atoms with Gasteiger partial charge >= 0.3 is 5.82 Å². The van der Waals surface area contributed by atoms with Gasteiger partial charge < -0.3 is 0 Å². The van der Waals surface area contributed by atoms with E-state index in [0.717, 1.165) is 0 Å². The molecular weight excluding hydrogens is 96.0 g/mol. The molecular formula is C3H2N2O2. The molecule has 0 atom stereocenters. The quantitative estimate of drug-likeness (QED) is 0.274. The van der Waals surface area contributed by atoms with E-state index >= 15 is 0 Å². The minimum Gasteiger partial charge on any atom is -0.270 e. The SMILES string of the molecule is [C-]#[N+]C(=C)[N+](=O)[O-]. The lowest BCUT2D eigenvalue weighted by molar-refractivity contribution is -0.418. The molecule has 4 nitrogen and oxygen atoms in total. The summed E-state index contributed by atoms with van der Waals surface area (Å²) in [7, 11) is 0. The Balaban J connectivity index is 3.90. The summed E-state index contributed by atoms with van der Waals surface area (Å²) in [6.07, 6.45) is 0. The van der Waals surface area contributed by atoms with Gasteiger partial charge in [-0.15, -0.1) is 0 Å². The van der Waals surface area contributed by atoms with Crippen molar-refractivity contribution in [2.75, 3.05) is 0 Å². The van der Waals surface area contributed by atoms with Crippen LogP contribution >= 0.6 is 0 Å². The van der Waals surface area contributed by atoms with Crippen LogP contribution < -0.4 is 0 Å². The molecule has 7 heavy (non-hydrogen) atoms. The topological polar surface area (TPSA) is 47.5 Å². The van der Waals surface area contributed by atoms with Crippen molar-refractivity contribution in [1.29, 1.82) is 0 Å². The Morgan fingerprint density at radius 3 is 2.43 bits per heavy atom. The van der Waals surface area contributed by atoms with Crippen LogP contribution in [0, 0.1) is 16.7 Å². The molecule has 0 heterocycles. The molecule has 0 aliphatic heterocycles. The highest BCUT2D eigenvalue weighted by Gasteiger charge is 2.00. The predicted octanol–water partition coefficient (Wildman–Crippen LogP) is 0.654. The maximum Gasteiger partial charge on any atom is 0.468 e. The fourth-order valence-corrected chi connectivity index (χ4v) is 0.0408. The molecule has 0 bridgehead atoms. The van der Waals surface area contributed by atoms with Crippen LogP contribution in [-0.2, 0) is 0 Å². The average molecular weight is 98.1 g/mol. The monoisotopic (exact) mass is 98.0 g/mol. The Kier molecular flexibility index (Phi) is 1.55. The van der Waals surface area contributed by atoms with E-state index in [4.69, 9.17) is 6.57 Å². The maximum atomic E-state index is 9.42. The summed E-state index contributed by atoms with van der Waals surface area (Å²) in [4.78, 5) is 11.0. The lowest BCUT2D eigenvalue weighted by Crippen LogP contribution is -1.89. The van der Waals surface area contributed by atoms with Gasteiger partial charge in [0, 0.05) is 0 Å². The minimum absolute atomic E-state index is 0.639. The van der Waals surface area contributed by atoms with E-state index in [-0.39, 0.29) is 0 Å². The van der Waals surface area contributed by atoms with Crippen LogP contribution in [0.25, 0.3) is 4.85 Å². The maximum absolute atomic E-state index is 9.42. The van der Waals surface area contributed by atoms with Crippen molar-refractivity contribution in [3.05, 3.63) is 33.9 Å². The van der Waals surface area contributed by atoms with Gasteiger partial charge in [0.2, 0.25) is 0 Å². The van der Waals surface area contributed by atoms with Gasteiger partial charge in [0.25, 0.3) is 0 Å². The molecule has 0 radical (unpaired) electrons. The van der Waals surface area contributed by atoms with E-state index in [2.05, 4.69) is 11.4 Å². The number of nitro groups is 1. The van der Waals surface area contributed by atoms with Crippen LogP contribution in [0.5, 0.6) is 0 Å². The second kappa shape index (κ2) is 1.92. The number of hydrogen-bond donors (Lipinski definition) is 0. The summed E-state index contributed by atoms with van der Waals surface area (Å²) < 4.78 is 0. The molecule has 0 saturated heterocycles. The van der Waals surface area contributed by atoms with E-state index in [1.165, 1.54) is 0 Å². The first-order valence-electron chi connectivity index (χ1n) is 1.39. The normalized spacial score (nSPS) is 6.71. The van der Waals surface area contributed by atoms with Crippen LogP contribution in [0.2, 0.25) is 0 Å².